The number of thiazole rings is 1. The largest absolute Gasteiger partial charge is 0.497 e. The van der Waals surface area contributed by atoms with Crippen molar-refractivity contribution in [2.45, 2.75) is 128 Å². The minimum atomic E-state index is -3.77. The third-order valence-electron chi connectivity index (χ3n) is 11.9. The second-order valence-electron chi connectivity index (χ2n) is 18.2. The monoisotopic (exact) mass is 850 g/mol. The fraction of sp³-hybridized carbons (Fsp3) is 0.605. The fourth-order valence-corrected chi connectivity index (χ4v) is 12.1. The van der Waals surface area contributed by atoms with Crippen molar-refractivity contribution in [3.05, 3.63) is 42.3 Å². The second kappa shape index (κ2) is 17.0. The summed E-state index contributed by atoms with van der Waals surface area (Å²) in [5, 5.41) is 11.4. The average Bonchev–Trinajstić information content (AvgIpc) is 3.90. The number of hydrogen-bond donors (Lipinski definition) is 4. The molecule has 0 spiro atoms. The third kappa shape index (κ3) is 9.73. The van der Waals surface area contributed by atoms with Crippen LogP contribution in [0, 0.1) is 17.3 Å². The highest BCUT2D eigenvalue weighted by atomic mass is 32.1. The number of carbonyl (C=O) groups excluding carboxylic acids is 3. The SMILES string of the molecule is C=C[C@@H]1C[C@]1(NC(=O)CC1C[C@@H](Oc2cc(-c3csc(NC(C)C)n3)nc3cc(OC)ccc23)CN1C(=O)[C@@H](NC(=O)OC1CCCC1)C(C)(C)C)P(=O)(O)CC1CC1. The summed E-state index contributed by atoms with van der Waals surface area (Å²) in [4.78, 5) is 64.7. The lowest BCUT2D eigenvalue weighted by Gasteiger charge is -2.35. The van der Waals surface area contributed by atoms with Crippen molar-refractivity contribution in [3.8, 4) is 22.9 Å². The molecule has 3 amide bonds. The lowest BCUT2D eigenvalue weighted by atomic mass is 9.85. The zero-order valence-corrected chi connectivity index (χ0v) is 36.7. The first kappa shape index (κ1) is 42.9. The molecular weight excluding hydrogens is 792 g/mol. The summed E-state index contributed by atoms with van der Waals surface area (Å²) in [6.07, 6.45) is 6.28. The molecule has 3 aromatic rings. The van der Waals surface area contributed by atoms with E-state index in [0.717, 1.165) is 49.0 Å². The van der Waals surface area contributed by atoms with Crippen molar-refractivity contribution in [3.63, 3.8) is 0 Å². The molecule has 4 fully saturated rings. The Bertz CT molecular complexity index is 2110. The van der Waals surface area contributed by atoms with Crippen LogP contribution in [0.4, 0.5) is 9.93 Å². The number of nitrogens with one attached hydrogen (secondary N) is 3. The predicted molar refractivity (Wildman–Crippen MR) is 229 cm³/mol. The quantitative estimate of drug-likeness (QED) is 0.0819. The molecular formula is C43H59N6O8PS. The van der Waals surface area contributed by atoms with Crippen molar-refractivity contribution in [2.24, 2.45) is 17.3 Å². The molecule has 0 bridgehead atoms. The van der Waals surface area contributed by atoms with Gasteiger partial charge < -0.3 is 40.0 Å². The Morgan fingerprint density at radius 2 is 1.85 bits per heavy atom. The van der Waals surface area contributed by atoms with Gasteiger partial charge in [0, 0.05) is 59.9 Å². The molecule has 3 aliphatic carbocycles. The number of carbonyl (C=O) groups is 3. The van der Waals surface area contributed by atoms with Gasteiger partial charge in [-0.25, -0.2) is 14.8 Å². The minimum Gasteiger partial charge on any atom is -0.497 e. The number of likely N-dealkylation sites (tertiary alicyclic amines) is 1. The number of benzene rings is 1. The minimum absolute atomic E-state index is 0.123. The van der Waals surface area contributed by atoms with Crippen LogP contribution in [0.2, 0.25) is 0 Å². The molecule has 2 unspecified atom stereocenters. The fourth-order valence-electron chi connectivity index (χ4n) is 8.47. The van der Waals surface area contributed by atoms with Gasteiger partial charge in [0.1, 0.15) is 40.7 Å². The second-order valence-corrected chi connectivity index (χ2v) is 21.6. The molecule has 59 heavy (non-hydrogen) atoms. The molecule has 6 atom stereocenters. The maximum atomic E-state index is 14.8. The van der Waals surface area contributed by atoms with Crippen LogP contribution in [0.15, 0.2) is 42.3 Å². The lowest BCUT2D eigenvalue weighted by Crippen LogP contribution is -2.56. The number of alkyl carbamates (subject to hydrolysis) is 1. The first-order valence-corrected chi connectivity index (χ1v) is 23.6. The number of pyridine rings is 1. The van der Waals surface area contributed by atoms with Gasteiger partial charge in [-0.3, -0.25) is 14.2 Å². The summed E-state index contributed by atoms with van der Waals surface area (Å²) in [5.74, 6) is 0.228. The van der Waals surface area contributed by atoms with Gasteiger partial charge in [0.15, 0.2) is 5.13 Å². The Hall–Kier alpha value is -4.20. The van der Waals surface area contributed by atoms with Crippen LogP contribution < -0.4 is 25.4 Å². The number of amides is 3. The van der Waals surface area contributed by atoms with Crippen LogP contribution in [0.3, 0.4) is 0 Å². The molecule has 4 N–H and O–H groups in total. The number of fused-ring (bicyclic) bond motifs is 1. The molecule has 4 aliphatic rings. The normalized spacial score (nSPS) is 24.7. The maximum absolute atomic E-state index is 14.8. The molecule has 2 aromatic heterocycles. The zero-order valence-electron chi connectivity index (χ0n) is 35.0. The number of hydrogen-bond acceptors (Lipinski definition) is 11. The molecule has 7 rings (SSSR count). The van der Waals surface area contributed by atoms with Gasteiger partial charge in [0.05, 0.1) is 24.9 Å². The number of aromatic nitrogens is 2. The van der Waals surface area contributed by atoms with Crippen LogP contribution in [-0.2, 0) is 18.9 Å². The van der Waals surface area contributed by atoms with E-state index in [1.165, 1.54) is 11.3 Å². The number of nitrogens with zero attached hydrogens (tertiary/aromatic N) is 3. The number of rotatable bonds is 16. The van der Waals surface area contributed by atoms with E-state index in [2.05, 4.69) is 22.5 Å². The van der Waals surface area contributed by atoms with Gasteiger partial charge in [0.25, 0.3) is 0 Å². The summed E-state index contributed by atoms with van der Waals surface area (Å²) in [6, 6.07) is 5.96. The zero-order chi connectivity index (χ0) is 42.3. The Kier molecular flexibility index (Phi) is 12.4. The molecule has 3 saturated carbocycles. The topological polar surface area (TPSA) is 181 Å². The van der Waals surface area contributed by atoms with Crippen LogP contribution in [0.25, 0.3) is 22.3 Å². The first-order valence-electron chi connectivity index (χ1n) is 20.9. The Labute approximate surface area is 350 Å². The smallest absolute Gasteiger partial charge is 0.408 e. The summed E-state index contributed by atoms with van der Waals surface area (Å²) in [6.45, 7) is 13.7. The van der Waals surface area contributed by atoms with Crippen LogP contribution in [0.1, 0.15) is 92.4 Å². The van der Waals surface area contributed by atoms with E-state index in [1.807, 2.05) is 64.3 Å². The highest BCUT2D eigenvalue weighted by molar-refractivity contribution is 7.60. The molecule has 1 saturated heterocycles. The van der Waals surface area contributed by atoms with Crippen molar-refractivity contribution in [1.29, 1.82) is 0 Å². The van der Waals surface area contributed by atoms with E-state index in [4.69, 9.17) is 24.2 Å². The van der Waals surface area contributed by atoms with Crippen molar-refractivity contribution in [2.75, 3.05) is 25.1 Å². The summed E-state index contributed by atoms with van der Waals surface area (Å²) < 4.78 is 31.9. The van der Waals surface area contributed by atoms with Crippen molar-refractivity contribution >= 4 is 52.6 Å². The Balaban J connectivity index is 1.18. The van der Waals surface area contributed by atoms with Gasteiger partial charge in [-0.05, 0) is 82.3 Å². The van der Waals surface area contributed by atoms with Gasteiger partial charge >= 0.3 is 6.09 Å². The van der Waals surface area contributed by atoms with Gasteiger partial charge in [-0.15, -0.1) is 17.9 Å². The lowest BCUT2D eigenvalue weighted by molar-refractivity contribution is -0.138. The molecule has 1 aliphatic heterocycles. The summed E-state index contributed by atoms with van der Waals surface area (Å²) in [5.41, 5.74) is 1.18. The van der Waals surface area contributed by atoms with Gasteiger partial charge in [-0.2, -0.15) is 0 Å². The van der Waals surface area contributed by atoms with Crippen LogP contribution >= 0.6 is 18.7 Å². The molecule has 0 radical (unpaired) electrons. The number of anilines is 1. The van der Waals surface area contributed by atoms with Gasteiger partial charge in [0.2, 0.25) is 19.2 Å². The Morgan fingerprint density at radius 3 is 2.49 bits per heavy atom. The van der Waals surface area contributed by atoms with E-state index in [1.54, 1.807) is 18.1 Å². The highest BCUT2D eigenvalue weighted by Crippen LogP contribution is 2.71. The molecule has 14 nitrogen and oxygen atoms in total. The third-order valence-corrected chi connectivity index (χ3v) is 15.6. The van der Waals surface area contributed by atoms with Gasteiger partial charge in [-0.1, -0.05) is 26.8 Å². The summed E-state index contributed by atoms with van der Waals surface area (Å²) >= 11 is 1.48. The molecule has 320 valence electrons. The standard InChI is InChI=1S/C43H59N6O8PS/c1-8-27-21-43(27,58(53,54)23-26-13-14-26)48-37(50)18-28-17-31(22-49(28)39(51)38(42(4,5)6)47-41(52)57-29-11-9-10-12-29)56-36-20-34(35-24-59-40(46-35)44-25(2)3)45-33-19-30(55-7)15-16-32(33)36/h8,15-16,19-20,24-29,31,38H,1,9-14,17-18,21-23H2,2-7H3,(H,44,46)(H,47,52)(H,48,50)(H,53,54)/t27-,28?,31-,38-,43+/m1/s1. The van der Waals surface area contributed by atoms with Crippen molar-refractivity contribution in [1.82, 2.24) is 25.5 Å². The number of ether oxygens (including phenoxy) is 3. The predicted octanol–water partition coefficient (Wildman–Crippen LogP) is 7.71. The number of methoxy groups -OCH3 is 1. The van der Waals surface area contributed by atoms with E-state index in [-0.39, 0.29) is 55.4 Å². The van der Waals surface area contributed by atoms with Crippen LogP contribution in [0.5, 0.6) is 11.5 Å². The average molecular weight is 851 g/mol. The van der Waals surface area contributed by atoms with Crippen molar-refractivity contribution < 1.29 is 38.1 Å². The maximum Gasteiger partial charge on any atom is 0.408 e. The van der Waals surface area contributed by atoms with E-state index in [0.29, 0.717) is 34.8 Å². The molecule has 1 aromatic carbocycles. The van der Waals surface area contributed by atoms with E-state index >= 15 is 0 Å². The Morgan fingerprint density at radius 1 is 1.10 bits per heavy atom. The summed E-state index contributed by atoms with van der Waals surface area (Å²) in [7, 11) is -2.17. The molecule has 3 heterocycles. The first-order chi connectivity index (χ1) is 28.0. The van der Waals surface area contributed by atoms with E-state index < -0.39 is 48.3 Å². The highest BCUT2D eigenvalue weighted by Gasteiger charge is 2.65. The van der Waals surface area contributed by atoms with Crippen LogP contribution in [-0.4, -0.2) is 93.1 Å². The van der Waals surface area contributed by atoms with E-state index in [9.17, 15) is 23.8 Å². The molecule has 16 heteroatoms.